The molecule has 6 heteroatoms. The molecular formula is C16H19ClN4O. The fourth-order valence-electron chi connectivity index (χ4n) is 2.85. The third-order valence-electron chi connectivity index (χ3n) is 3.96. The highest BCUT2D eigenvalue weighted by molar-refractivity contribution is 6.30. The number of amides is 1. The van der Waals surface area contributed by atoms with E-state index in [0.29, 0.717) is 18.0 Å². The van der Waals surface area contributed by atoms with Crippen molar-refractivity contribution in [3.63, 3.8) is 0 Å². The fourth-order valence-corrected chi connectivity index (χ4v) is 3.07. The molecule has 1 fully saturated rings. The number of nitrogens with one attached hydrogen (secondary N) is 1. The van der Waals surface area contributed by atoms with Crippen LogP contribution >= 0.6 is 11.6 Å². The van der Waals surface area contributed by atoms with Crippen LogP contribution in [0.1, 0.15) is 17.4 Å². The molecule has 0 saturated carbocycles. The number of halogens is 1. The molecular weight excluding hydrogens is 300 g/mol. The van der Waals surface area contributed by atoms with Crippen molar-refractivity contribution in [2.45, 2.75) is 12.5 Å². The molecule has 3 rings (SSSR count). The monoisotopic (exact) mass is 318 g/mol. The smallest absolute Gasteiger partial charge is 0.227 e. The largest absolute Gasteiger partial charge is 0.336 e. The molecule has 1 aliphatic heterocycles. The van der Waals surface area contributed by atoms with Gasteiger partial charge < -0.3 is 14.8 Å². The number of aryl methyl sites for hydroxylation is 1. The highest BCUT2D eigenvalue weighted by Crippen LogP contribution is 2.22. The van der Waals surface area contributed by atoms with E-state index >= 15 is 0 Å². The van der Waals surface area contributed by atoms with E-state index in [1.807, 2.05) is 47.0 Å². The van der Waals surface area contributed by atoms with Crippen LogP contribution in [0, 0.1) is 0 Å². The van der Waals surface area contributed by atoms with Crippen molar-refractivity contribution in [3.05, 3.63) is 53.1 Å². The summed E-state index contributed by atoms with van der Waals surface area (Å²) in [5.41, 5.74) is 0.939. The van der Waals surface area contributed by atoms with Crippen LogP contribution < -0.4 is 5.32 Å². The first kappa shape index (κ1) is 15.1. The maximum atomic E-state index is 12.7. The van der Waals surface area contributed by atoms with E-state index in [1.54, 1.807) is 6.20 Å². The Labute approximate surface area is 134 Å². The van der Waals surface area contributed by atoms with Crippen LogP contribution in [0.4, 0.5) is 0 Å². The van der Waals surface area contributed by atoms with E-state index in [2.05, 4.69) is 10.3 Å². The van der Waals surface area contributed by atoms with Crippen molar-refractivity contribution >= 4 is 17.5 Å². The number of imidazole rings is 1. The molecule has 5 nitrogen and oxygen atoms in total. The lowest BCUT2D eigenvalue weighted by molar-refractivity contribution is -0.134. The van der Waals surface area contributed by atoms with Gasteiger partial charge in [0.05, 0.1) is 6.42 Å². The second-order valence-corrected chi connectivity index (χ2v) is 5.95. The summed E-state index contributed by atoms with van der Waals surface area (Å²) in [6, 6.07) is 7.44. The molecule has 2 heterocycles. The Morgan fingerprint density at radius 3 is 3.09 bits per heavy atom. The number of rotatable bonds is 3. The lowest BCUT2D eigenvalue weighted by Crippen LogP contribution is -2.49. The first-order chi connectivity index (χ1) is 10.6. The molecule has 0 bridgehead atoms. The molecule has 1 aromatic heterocycles. The van der Waals surface area contributed by atoms with Crippen LogP contribution in [-0.4, -0.2) is 40.0 Å². The van der Waals surface area contributed by atoms with E-state index in [-0.39, 0.29) is 11.9 Å². The maximum Gasteiger partial charge on any atom is 0.227 e. The van der Waals surface area contributed by atoms with Crippen LogP contribution in [-0.2, 0) is 18.3 Å². The minimum Gasteiger partial charge on any atom is -0.336 e. The predicted molar refractivity (Wildman–Crippen MR) is 85.7 cm³/mol. The van der Waals surface area contributed by atoms with Gasteiger partial charge in [-0.3, -0.25) is 4.79 Å². The molecule has 0 radical (unpaired) electrons. The average Bonchev–Trinajstić information content (AvgIpc) is 2.93. The summed E-state index contributed by atoms with van der Waals surface area (Å²) < 4.78 is 1.97. The van der Waals surface area contributed by atoms with Gasteiger partial charge in [-0.15, -0.1) is 0 Å². The zero-order chi connectivity index (χ0) is 15.5. The molecule has 1 aromatic carbocycles. The summed E-state index contributed by atoms with van der Waals surface area (Å²) >= 11 is 6.00. The molecule has 116 valence electrons. The molecule has 1 amide bonds. The number of aromatic nitrogens is 2. The van der Waals surface area contributed by atoms with Gasteiger partial charge in [-0.05, 0) is 17.7 Å². The van der Waals surface area contributed by atoms with Gasteiger partial charge in [0.1, 0.15) is 11.9 Å². The summed E-state index contributed by atoms with van der Waals surface area (Å²) in [5, 5.41) is 4.00. The molecule has 1 aliphatic rings. The Bertz CT molecular complexity index is 670. The van der Waals surface area contributed by atoms with Crippen LogP contribution in [0.3, 0.4) is 0 Å². The van der Waals surface area contributed by atoms with Crippen molar-refractivity contribution < 1.29 is 4.79 Å². The molecule has 1 N–H and O–H groups in total. The average molecular weight is 319 g/mol. The van der Waals surface area contributed by atoms with E-state index in [9.17, 15) is 4.79 Å². The molecule has 2 aromatic rings. The van der Waals surface area contributed by atoms with Crippen molar-refractivity contribution in [1.82, 2.24) is 19.8 Å². The second kappa shape index (κ2) is 6.50. The molecule has 1 unspecified atom stereocenters. The third-order valence-corrected chi connectivity index (χ3v) is 4.20. The van der Waals surface area contributed by atoms with Gasteiger partial charge in [-0.25, -0.2) is 4.98 Å². The Hall–Kier alpha value is -1.85. The van der Waals surface area contributed by atoms with E-state index in [1.165, 1.54) is 0 Å². The lowest BCUT2D eigenvalue weighted by Gasteiger charge is -2.35. The number of hydrogen-bond donors (Lipinski definition) is 1. The first-order valence-electron chi connectivity index (χ1n) is 7.37. The van der Waals surface area contributed by atoms with Gasteiger partial charge in [0.2, 0.25) is 5.91 Å². The second-order valence-electron chi connectivity index (χ2n) is 5.51. The Morgan fingerprint density at radius 1 is 1.50 bits per heavy atom. The van der Waals surface area contributed by atoms with Crippen LogP contribution in [0.2, 0.25) is 5.02 Å². The topological polar surface area (TPSA) is 50.2 Å². The normalized spacial score (nSPS) is 18.5. The zero-order valence-corrected chi connectivity index (χ0v) is 13.3. The highest BCUT2D eigenvalue weighted by atomic mass is 35.5. The summed E-state index contributed by atoms with van der Waals surface area (Å²) in [6.07, 6.45) is 4.04. The van der Waals surface area contributed by atoms with Crippen molar-refractivity contribution in [3.8, 4) is 0 Å². The Kier molecular flexibility index (Phi) is 4.45. The minimum absolute atomic E-state index is 0.0274. The summed E-state index contributed by atoms with van der Waals surface area (Å²) in [7, 11) is 1.95. The first-order valence-corrected chi connectivity index (χ1v) is 7.75. The van der Waals surface area contributed by atoms with Gasteiger partial charge in [0, 0.05) is 44.1 Å². The Morgan fingerprint density at radius 2 is 2.36 bits per heavy atom. The lowest BCUT2D eigenvalue weighted by atomic mass is 10.1. The molecule has 0 aliphatic carbocycles. The van der Waals surface area contributed by atoms with Crippen molar-refractivity contribution in [1.29, 1.82) is 0 Å². The van der Waals surface area contributed by atoms with Gasteiger partial charge in [0.15, 0.2) is 0 Å². The number of nitrogens with zero attached hydrogens (tertiary/aromatic N) is 3. The Balaban J connectivity index is 1.78. The van der Waals surface area contributed by atoms with Gasteiger partial charge in [-0.1, -0.05) is 23.7 Å². The van der Waals surface area contributed by atoms with E-state index in [4.69, 9.17) is 11.6 Å². The van der Waals surface area contributed by atoms with E-state index < -0.39 is 0 Å². The molecule has 1 saturated heterocycles. The third kappa shape index (κ3) is 3.15. The number of hydrogen-bond acceptors (Lipinski definition) is 3. The van der Waals surface area contributed by atoms with Gasteiger partial charge in [0.25, 0.3) is 0 Å². The zero-order valence-electron chi connectivity index (χ0n) is 12.5. The SMILES string of the molecule is Cn1ccnc1C1CNCCN1C(=O)Cc1cccc(Cl)c1. The van der Waals surface area contributed by atoms with Crippen LogP contribution in [0.25, 0.3) is 0 Å². The summed E-state index contributed by atoms with van der Waals surface area (Å²) in [5.74, 6) is 1.02. The number of carbonyl (C=O) groups excluding carboxylic acids is 1. The standard InChI is InChI=1S/C16H19ClN4O/c1-20-7-6-19-16(20)14-11-18-5-8-21(14)15(22)10-12-3-2-4-13(17)9-12/h2-4,6-7,9,14,18H,5,8,10-11H2,1H3. The molecule has 1 atom stereocenters. The maximum absolute atomic E-state index is 12.7. The van der Waals surface area contributed by atoms with Crippen LogP contribution in [0.15, 0.2) is 36.7 Å². The number of piperazine rings is 1. The van der Waals surface area contributed by atoms with Crippen molar-refractivity contribution in [2.24, 2.45) is 7.05 Å². The van der Waals surface area contributed by atoms with Gasteiger partial charge in [-0.2, -0.15) is 0 Å². The minimum atomic E-state index is -0.0274. The highest BCUT2D eigenvalue weighted by Gasteiger charge is 2.30. The summed E-state index contributed by atoms with van der Waals surface area (Å²) in [6.45, 7) is 2.23. The fraction of sp³-hybridized carbons (Fsp3) is 0.375. The van der Waals surface area contributed by atoms with Crippen LogP contribution in [0.5, 0.6) is 0 Å². The van der Waals surface area contributed by atoms with Gasteiger partial charge >= 0.3 is 0 Å². The predicted octanol–water partition coefficient (Wildman–Crippen LogP) is 1.79. The molecule has 0 spiro atoms. The van der Waals surface area contributed by atoms with Crippen molar-refractivity contribution in [2.75, 3.05) is 19.6 Å². The quantitative estimate of drug-likeness (QED) is 0.938. The summed E-state index contributed by atoms with van der Waals surface area (Å²) in [4.78, 5) is 19.0. The van der Waals surface area contributed by atoms with E-state index in [0.717, 1.165) is 24.5 Å². The number of carbonyl (C=O) groups is 1. The number of benzene rings is 1. The molecule has 22 heavy (non-hydrogen) atoms.